The highest BCUT2D eigenvalue weighted by Crippen LogP contribution is 2.22. The maximum absolute atomic E-state index is 5.75. The Morgan fingerprint density at radius 2 is 2.19 bits per heavy atom. The van der Waals surface area contributed by atoms with E-state index in [-0.39, 0.29) is 0 Å². The summed E-state index contributed by atoms with van der Waals surface area (Å²) in [7, 11) is 1.97. The van der Waals surface area contributed by atoms with E-state index in [1.54, 1.807) is 12.5 Å². The minimum absolute atomic E-state index is 0.399. The third kappa shape index (κ3) is 1.39. The average Bonchev–Trinajstić information content (AvgIpc) is 2.86. The Balaban J connectivity index is 2.18. The van der Waals surface area contributed by atoms with Gasteiger partial charge in [0.05, 0.1) is 29.3 Å². The molecule has 0 spiro atoms. The van der Waals surface area contributed by atoms with Crippen LogP contribution in [0, 0.1) is 0 Å². The minimum Gasteiger partial charge on any atom is -0.334 e. The fraction of sp³-hybridized carbons (Fsp3) is 0.0909. The zero-order valence-electron chi connectivity index (χ0n) is 8.61. The average molecular weight is 233 g/mol. The fourth-order valence-corrected chi connectivity index (χ4v) is 1.90. The van der Waals surface area contributed by atoms with Crippen molar-refractivity contribution in [1.29, 1.82) is 0 Å². The first-order chi connectivity index (χ1) is 7.74. The zero-order chi connectivity index (χ0) is 11.1. The summed E-state index contributed by atoms with van der Waals surface area (Å²) in [6, 6.07) is 6.07. The van der Waals surface area contributed by atoms with Gasteiger partial charge in [-0.2, -0.15) is 0 Å². The van der Waals surface area contributed by atoms with Crippen LogP contribution in [0.4, 0.5) is 0 Å². The van der Waals surface area contributed by atoms with Crippen LogP contribution in [0.1, 0.15) is 0 Å². The van der Waals surface area contributed by atoms with Crippen LogP contribution in [0.3, 0.4) is 0 Å². The van der Waals surface area contributed by atoms with Gasteiger partial charge >= 0.3 is 0 Å². The summed E-state index contributed by atoms with van der Waals surface area (Å²) < 4.78 is 1.99. The van der Waals surface area contributed by atoms with E-state index in [1.165, 1.54) is 0 Å². The largest absolute Gasteiger partial charge is 0.334 e. The molecule has 0 aliphatic heterocycles. The van der Waals surface area contributed by atoms with Crippen LogP contribution in [-0.4, -0.2) is 19.5 Å². The van der Waals surface area contributed by atoms with E-state index in [9.17, 15) is 0 Å². The second-order valence-electron chi connectivity index (χ2n) is 3.65. The summed E-state index contributed by atoms with van der Waals surface area (Å²) in [5, 5.41) is 0.399. The molecule has 3 aromatic rings. The molecule has 0 saturated carbocycles. The van der Waals surface area contributed by atoms with Gasteiger partial charge in [-0.3, -0.25) is 0 Å². The Hall–Kier alpha value is -1.81. The molecule has 0 bridgehead atoms. The third-order valence-corrected chi connectivity index (χ3v) is 2.77. The monoisotopic (exact) mass is 232 g/mol. The lowest BCUT2D eigenvalue weighted by molar-refractivity contribution is 0.948. The standard InChI is InChI=1S/C11H9ClN4/c1-16-6-14-8-4-7(2-3-10(8)16)9-5-13-11(12)15-9/h2-6H,1H3,(H,13,15). The van der Waals surface area contributed by atoms with Gasteiger partial charge in [-0.25, -0.2) is 9.97 Å². The molecule has 0 unspecified atom stereocenters. The van der Waals surface area contributed by atoms with Gasteiger partial charge in [-0.05, 0) is 23.7 Å². The van der Waals surface area contributed by atoms with Crippen LogP contribution in [0.2, 0.25) is 5.28 Å². The van der Waals surface area contributed by atoms with Crippen molar-refractivity contribution in [2.24, 2.45) is 7.05 Å². The molecule has 0 aliphatic carbocycles. The van der Waals surface area contributed by atoms with Gasteiger partial charge in [0.25, 0.3) is 0 Å². The van der Waals surface area contributed by atoms with Crippen LogP contribution in [0.5, 0.6) is 0 Å². The lowest BCUT2D eigenvalue weighted by Gasteiger charge is -1.98. The Kier molecular flexibility index (Phi) is 1.97. The van der Waals surface area contributed by atoms with Crippen molar-refractivity contribution in [3.05, 3.63) is 36.0 Å². The molecule has 0 amide bonds. The van der Waals surface area contributed by atoms with Crippen molar-refractivity contribution >= 4 is 22.6 Å². The molecule has 4 nitrogen and oxygen atoms in total. The Bertz CT molecular complexity index is 653. The molecule has 0 fully saturated rings. The molecule has 0 atom stereocenters. The van der Waals surface area contributed by atoms with E-state index in [2.05, 4.69) is 15.0 Å². The summed E-state index contributed by atoms with van der Waals surface area (Å²) in [5.41, 5.74) is 4.00. The minimum atomic E-state index is 0.399. The summed E-state index contributed by atoms with van der Waals surface area (Å²) in [6.45, 7) is 0. The SMILES string of the molecule is Cn1cnc2cc(-c3cnc(Cl)[nH]3)ccc21. The van der Waals surface area contributed by atoms with E-state index in [4.69, 9.17) is 11.6 Å². The zero-order valence-corrected chi connectivity index (χ0v) is 9.36. The molecule has 1 N–H and O–H groups in total. The van der Waals surface area contributed by atoms with Crippen LogP contribution < -0.4 is 0 Å². The molecular weight excluding hydrogens is 224 g/mol. The van der Waals surface area contributed by atoms with E-state index in [0.717, 1.165) is 22.3 Å². The molecule has 2 heterocycles. The molecule has 1 aromatic carbocycles. The molecule has 2 aromatic heterocycles. The molecule has 0 saturated heterocycles. The maximum atomic E-state index is 5.75. The highest BCUT2D eigenvalue weighted by Gasteiger charge is 2.05. The normalized spacial score (nSPS) is 11.1. The van der Waals surface area contributed by atoms with Crippen molar-refractivity contribution in [2.45, 2.75) is 0 Å². The number of halogens is 1. The first-order valence-corrected chi connectivity index (χ1v) is 5.24. The molecule has 3 rings (SSSR count). The summed E-state index contributed by atoms with van der Waals surface area (Å²) in [6.07, 6.45) is 3.51. The van der Waals surface area contributed by atoms with Crippen LogP contribution in [0.25, 0.3) is 22.3 Å². The number of aromatic amines is 1. The number of nitrogens with zero attached hydrogens (tertiary/aromatic N) is 3. The topological polar surface area (TPSA) is 46.5 Å². The van der Waals surface area contributed by atoms with Crippen LogP contribution in [-0.2, 0) is 7.05 Å². The van der Waals surface area contributed by atoms with Crippen LogP contribution in [0.15, 0.2) is 30.7 Å². The molecule has 0 aliphatic rings. The maximum Gasteiger partial charge on any atom is 0.200 e. The Morgan fingerprint density at radius 1 is 1.31 bits per heavy atom. The molecule has 5 heteroatoms. The van der Waals surface area contributed by atoms with Gasteiger partial charge in [0.1, 0.15) is 0 Å². The second kappa shape index (κ2) is 3.35. The van der Waals surface area contributed by atoms with Crippen molar-refractivity contribution in [2.75, 3.05) is 0 Å². The van der Waals surface area contributed by atoms with Gasteiger partial charge in [0.15, 0.2) is 5.28 Å². The number of hydrogen-bond donors (Lipinski definition) is 1. The number of benzene rings is 1. The number of fused-ring (bicyclic) bond motifs is 1. The highest BCUT2D eigenvalue weighted by atomic mass is 35.5. The van der Waals surface area contributed by atoms with E-state index >= 15 is 0 Å². The van der Waals surface area contributed by atoms with Gasteiger partial charge in [-0.15, -0.1) is 0 Å². The first kappa shape index (κ1) is 9.42. The predicted octanol–water partition coefficient (Wildman–Crippen LogP) is 2.62. The third-order valence-electron chi connectivity index (χ3n) is 2.58. The number of aromatic nitrogens is 4. The smallest absolute Gasteiger partial charge is 0.200 e. The first-order valence-electron chi connectivity index (χ1n) is 4.86. The number of nitrogens with one attached hydrogen (secondary N) is 1. The number of H-pyrrole nitrogens is 1. The summed E-state index contributed by atoms with van der Waals surface area (Å²) >= 11 is 5.75. The van der Waals surface area contributed by atoms with Crippen molar-refractivity contribution in [3.63, 3.8) is 0 Å². The van der Waals surface area contributed by atoms with E-state index in [0.29, 0.717) is 5.28 Å². The van der Waals surface area contributed by atoms with Crippen molar-refractivity contribution < 1.29 is 0 Å². The predicted molar refractivity (Wildman–Crippen MR) is 63.3 cm³/mol. The molecular formula is C11H9ClN4. The van der Waals surface area contributed by atoms with Gasteiger partial charge in [-0.1, -0.05) is 6.07 Å². The van der Waals surface area contributed by atoms with Crippen LogP contribution >= 0.6 is 11.6 Å². The van der Waals surface area contributed by atoms with Gasteiger partial charge < -0.3 is 9.55 Å². The molecule has 0 radical (unpaired) electrons. The fourth-order valence-electron chi connectivity index (χ4n) is 1.75. The van der Waals surface area contributed by atoms with Gasteiger partial charge in [0.2, 0.25) is 0 Å². The number of rotatable bonds is 1. The van der Waals surface area contributed by atoms with Crippen molar-refractivity contribution in [1.82, 2.24) is 19.5 Å². The summed E-state index contributed by atoms with van der Waals surface area (Å²) in [4.78, 5) is 11.3. The Labute approximate surface area is 96.9 Å². The van der Waals surface area contributed by atoms with E-state index < -0.39 is 0 Å². The number of hydrogen-bond acceptors (Lipinski definition) is 2. The van der Waals surface area contributed by atoms with E-state index in [1.807, 2.05) is 29.8 Å². The van der Waals surface area contributed by atoms with Gasteiger partial charge in [0, 0.05) is 12.6 Å². The highest BCUT2D eigenvalue weighted by molar-refractivity contribution is 6.28. The summed E-state index contributed by atoms with van der Waals surface area (Å²) in [5.74, 6) is 0. The second-order valence-corrected chi connectivity index (χ2v) is 4.00. The molecule has 16 heavy (non-hydrogen) atoms. The lowest BCUT2D eigenvalue weighted by atomic mass is 10.1. The lowest BCUT2D eigenvalue weighted by Crippen LogP contribution is -1.83. The number of aryl methyl sites for hydroxylation is 1. The Morgan fingerprint density at radius 3 is 2.94 bits per heavy atom. The van der Waals surface area contributed by atoms with Crippen molar-refractivity contribution in [3.8, 4) is 11.3 Å². The number of imidazole rings is 2. The quantitative estimate of drug-likeness (QED) is 0.701. The molecule has 80 valence electrons.